The van der Waals surface area contributed by atoms with Gasteiger partial charge in [-0.1, -0.05) is 238 Å². The molecule has 0 N–H and O–H groups in total. The first-order chi connectivity index (χ1) is 36.5. The fourth-order valence-corrected chi connectivity index (χ4v) is 15.9. The average Bonchev–Trinajstić information content (AvgIpc) is 4.22. The smallest absolute Gasteiger partial charge is 0.0728 e. The monoisotopic (exact) mass is 1010 g/mol. The Morgan fingerprint density at radius 1 is 0.311 bits per heavy atom. The van der Waals surface area contributed by atoms with Gasteiger partial charge in [-0.2, -0.15) is 0 Å². The second-order valence-electron chi connectivity index (χ2n) is 22.1. The maximum Gasteiger partial charge on any atom is 0.0728 e. The second-order valence-corrected chi connectivity index (χ2v) is 24.2. The van der Waals surface area contributed by atoms with Crippen LogP contribution in [0.5, 0.6) is 0 Å². The minimum Gasteiger partial charge on any atom is -0.135 e. The van der Waals surface area contributed by atoms with Gasteiger partial charge in [0.2, 0.25) is 0 Å². The van der Waals surface area contributed by atoms with Crippen LogP contribution in [0.15, 0.2) is 158 Å². The van der Waals surface area contributed by atoms with E-state index in [9.17, 15) is 0 Å². The normalized spacial score (nSPS) is 13.9. The van der Waals surface area contributed by atoms with Crippen LogP contribution in [-0.4, -0.2) is 0 Å². The van der Waals surface area contributed by atoms with Crippen LogP contribution in [0.25, 0.3) is 41.1 Å². The minimum atomic E-state index is -0.512. The van der Waals surface area contributed by atoms with Gasteiger partial charge in [0, 0.05) is 19.2 Å². The number of thiophene rings is 2. The fraction of sp³-hybridized carbons (Fsp3) is 0.361. The number of unbranched alkanes of at least 4 members (excludes halogenated alkanes) is 12. The van der Waals surface area contributed by atoms with Gasteiger partial charge in [0.05, 0.1) is 10.8 Å². The topological polar surface area (TPSA) is 0 Å². The zero-order valence-electron chi connectivity index (χ0n) is 45.0. The number of rotatable bonds is 24. The summed E-state index contributed by atoms with van der Waals surface area (Å²) in [5.41, 5.74) is 18.8. The summed E-state index contributed by atoms with van der Waals surface area (Å²) in [6.45, 7) is 9.25. The Morgan fingerprint density at radius 2 is 0.595 bits per heavy atom. The van der Waals surface area contributed by atoms with Crippen molar-refractivity contribution in [2.45, 2.75) is 167 Å². The summed E-state index contributed by atoms with van der Waals surface area (Å²) >= 11 is 4.03. The molecule has 2 aromatic heterocycles. The van der Waals surface area contributed by atoms with Crippen molar-refractivity contribution in [3.63, 3.8) is 0 Å². The molecule has 0 fully saturated rings. The van der Waals surface area contributed by atoms with E-state index >= 15 is 0 Å². The highest BCUT2D eigenvalue weighted by Crippen LogP contribution is 2.67. The van der Waals surface area contributed by atoms with Gasteiger partial charge in [-0.3, -0.25) is 0 Å². The molecular formula is C72H78S2. The predicted molar refractivity (Wildman–Crippen MR) is 323 cm³/mol. The molecule has 0 aliphatic heterocycles. The highest BCUT2D eigenvalue weighted by atomic mass is 32.1. The number of hydrogen-bond donors (Lipinski definition) is 0. The summed E-state index contributed by atoms with van der Waals surface area (Å²) < 4.78 is 2.74. The van der Waals surface area contributed by atoms with Gasteiger partial charge < -0.3 is 0 Å². The molecule has 7 aromatic carbocycles. The van der Waals surface area contributed by atoms with Gasteiger partial charge in [-0.25, -0.2) is 0 Å². The third-order valence-electron chi connectivity index (χ3n) is 17.2. The van der Waals surface area contributed by atoms with Crippen molar-refractivity contribution in [2.75, 3.05) is 0 Å². The van der Waals surface area contributed by atoms with Gasteiger partial charge in [-0.05, 0) is 164 Å². The highest BCUT2D eigenvalue weighted by molar-refractivity contribution is 7.23. The van der Waals surface area contributed by atoms with Crippen LogP contribution in [-0.2, 0) is 36.5 Å². The number of benzene rings is 7. The molecule has 2 aliphatic rings. The van der Waals surface area contributed by atoms with Gasteiger partial charge in [-0.15, -0.1) is 22.7 Å². The Morgan fingerprint density at radius 3 is 0.878 bits per heavy atom. The molecule has 0 bridgehead atoms. The third kappa shape index (κ3) is 9.15. The molecule has 0 unspecified atom stereocenters. The van der Waals surface area contributed by atoms with Crippen molar-refractivity contribution in [2.24, 2.45) is 0 Å². The maximum atomic E-state index is 2.73. The molecule has 9 aromatic rings. The van der Waals surface area contributed by atoms with Crippen LogP contribution in [0.3, 0.4) is 0 Å². The van der Waals surface area contributed by atoms with E-state index in [2.05, 4.69) is 185 Å². The zero-order valence-corrected chi connectivity index (χ0v) is 46.6. The van der Waals surface area contributed by atoms with E-state index in [1.807, 2.05) is 22.7 Å². The summed E-state index contributed by atoms with van der Waals surface area (Å²) in [5.74, 6) is 0. The van der Waals surface area contributed by atoms with Crippen LogP contribution in [0.2, 0.25) is 0 Å². The van der Waals surface area contributed by atoms with E-state index in [1.54, 1.807) is 0 Å². The Hall–Kier alpha value is -5.54. The lowest BCUT2D eigenvalue weighted by Gasteiger charge is -2.36. The molecule has 0 saturated carbocycles. The standard InChI is InChI=1S/C72H78S2/c1-5-9-13-17-25-51-33-41-55(42-34-51)71(56-43-35-52(36-44-56)26-18-14-10-6-2)63-49-62-64(50-61(63)69-67(71)59-29-21-23-31-65(59)73-69)72(68-60-30-22-24-32-66(60)74-70(62)68,57-45-37-53(38-46-57)27-19-15-11-7-3)58-47-39-54(40-48-58)28-20-16-12-8-4/h21-24,29-50H,5-20,25-28H2,1-4H3. The van der Waals surface area contributed by atoms with Gasteiger partial charge >= 0.3 is 0 Å². The van der Waals surface area contributed by atoms with Crippen LogP contribution in [0.1, 0.15) is 197 Å². The van der Waals surface area contributed by atoms with E-state index < -0.39 is 10.8 Å². The maximum absolute atomic E-state index is 2.73. The number of hydrogen-bond acceptors (Lipinski definition) is 2. The Labute approximate surface area is 452 Å². The van der Waals surface area contributed by atoms with Crippen LogP contribution >= 0.6 is 22.7 Å². The first kappa shape index (κ1) is 50.6. The van der Waals surface area contributed by atoms with Crippen LogP contribution in [0, 0.1) is 0 Å². The van der Waals surface area contributed by atoms with E-state index in [0.29, 0.717) is 0 Å². The summed E-state index contributed by atoms with van der Waals surface area (Å²) in [6, 6.07) is 64.0. The van der Waals surface area contributed by atoms with Crippen molar-refractivity contribution in [1.82, 2.24) is 0 Å². The van der Waals surface area contributed by atoms with E-state index in [4.69, 9.17) is 0 Å². The first-order valence-corrected chi connectivity index (χ1v) is 30.8. The van der Waals surface area contributed by atoms with Crippen molar-refractivity contribution in [3.8, 4) is 20.9 Å². The molecule has 0 amide bonds. The summed E-state index contributed by atoms with van der Waals surface area (Å²) in [7, 11) is 0. The minimum absolute atomic E-state index is 0.512. The predicted octanol–water partition coefficient (Wildman–Crippen LogP) is 21.3. The molecule has 0 radical (unpaired) electrons. The van der Waals surface area contributed by atoms with E-state index in [-0.39, 0.29) is 0 Å². The van der Waals surface area contributed by atoms with E-state index in [0.717, 1.165) is 25.7 Å². The molecule has 74 heavy (non-hydrogen) atoms. The second kappa shape index (κ2) is 22.7. The van der Waals surface area contributed by atoms with Crippen molar-refractivity contribution in [3.05, 3.63) is 224 Å². The molecule has 0 atom stereocenters. The fourth-order valence-electron chi connectivity index (χ4n) is 13.3. The molecule has 0 spiro atoms. The Bertz CT molecular complexity index is 2970. The molecule has 2 heteroatoms. The summed E-state index contributed by atoms with van der Waals surface area (Å²) in [6.07, 6.45) is 25.0. The lowest BCUT2D eigenvalue weighted by Crippen LogP contribution is -2.30. The third-order valence-corrected chi connectivity index (χ3v) is 19.6. The lowest BCUT2D eigenvalue weighted by molar-refractivity contribution is 0.666. The Balaban J connectivity index is 1.17. The van der Waals surface area contributed by atoms with Gasteiger partial charge in [0.25, 0.3) is 0 Å². The zero-order chi connectivity index (χ0) is 50.5. The van der Waals surface area contributed by atoms with Crippen molar-refractivity contribution in [1.29, 1.82) is 0 Å². The SMILES string of the molecule is CCCCCCc1ccc(C2(c3ccc(CCCCCC)cc3)c3cc4c(cc3-c3sc5ccccc5c32)C(c2ccc(CCCCCC)cc2)(c2ccc(CCCCCC)cc2)c2c-4sc3ccccc23)cc1. The van der Waals surface area contributed by atoms with Gasteiger partial charge in [0.1, 0.15) is 0 Å². The van der Waals surface area contributed by atoms with Gasteiger partial charge in [0.15, 0.2) is 0 Å². The summed E-state index contributed by atoms with van der Waals surface area (Å²) in [5, 5.41) is 2.77. The molecule has 2 heterocycles. The molecular weight excluding hydrogens is 929 g/mol. The molecule has 0 saturated heterocycles. The number of fused-ring (bicyclic) bond motifs is 10. The number of aryl methyl sites for hydroxylation is 4. The van der Waals surface area contributed by atoms with Crippen molar-refractivity contribution >= 4 is 42.8 Å². The molecule has 0 nitrogen and oxygen atoms in total. The largest absolute Gasteiger partial charge is 0.135 e. The molecule has 378 valence electrons. The highest BCUT2D eigenvalue weighted by Gasteiger charge is 2.53. The first-order valence-electron chi connectivity index (χ1n) is 29.2. The average molecular weight is 1010 g/mol. The lowest BCUT2D eigenvalue weighted by atomic mass is 9.65. The quantitative estimate of drug-likeness (QED) is 0.0529. The van der Waals surface area contributed by atoms with Crippen molar-refractivity contribution < 1.29 is 0 Å². The van der Waals surface area contributed by atoms with Crippen LogP contribution < -0.4 is 0 Å². The summed E-state index contributed by atoms with van der Waals surface area (Å²) in [4.78, 5) is 2.85. The Kier molecular flexibility index (Phi) is 15.6. The molecule has 11 rings (SSSR count). The van der Waals surface area contributed by atoms with E-state index in [1.165, 1.54) is 211 Å². The van der Waals surface area contributed by atoms with Crippen LogP contribution in [0.4, 0.5) is 0 Å². The molecule has 2 aliphatic carbocycles.